The van der Waals surface area contributed by atoms with Gasteiger partial charge >= 0.3 is 0 Å². The van der Waals surface area contributed by atoms with E-state index in [9.17, 15) is 9.18 Å². The molecular weight excluding hydrogens is 399 g/mol. The summed E-state index contributed by atoms with van der Waals surface area (Å²) in [6, 6.07) is 22.3. The summed E-state index contributed by atoms with van der Waals surface area (Å²) in [6.45, 7) is 3.73. The van der Waals surface area contributed by atoms with E-state index in [0.717, 1.165) is 36.3 Å². The average Bonchev–Trinajstić information content (AvgIpc) is 2.75. The number of piperazine rings is 1. The Morgan fingerprint density at radius 2 is 1.57 bits per heavy atom. The molecule has 0 aliphatic carbocycles. The maximum atomic E-state index is 14.3. The molecule has 0 bridgehead atoms. The smallest absolute Gasteiger partial charge is 0.227 e. The summed E-state index contributed by atoms with van der Waals surface area (Å²) in [4.78, 5) is 16.9. The minimum absolute atomic E-state index is 0.128. The molecule has 0 saturated carbocycles. The van der Waals surface area contributed by atoms with Crippen molar-refractivity contribution in [3.63, 3.8) is 0 Å². The van der Waals surface area contributed by atoms with E-state index in [1.807, 2.05) is 59.5 Å². The van der Waals surface area contributed by atoms with Crippen LogP contribution >= 0.6 is 11.6 Å². The van der Waals surface area contributed by atoms with E-state index in [-0.39, 0.29) is 11.7 Å². The lowest BCUT2D eigenvalue weighted by Crippen LogP contribution is -2.48. The molecule has 0 aromatic heterocycles. The molecule has 4 rings (SSSR count). The number of hydrogen-bond acceptors (Lipinski definition) is 2. The quantitative estimate of drug-likeness (QED) is 0.575. The van der Waals surface area contributed by atoms with Gasteiger partial charge in [-0.15, -0.1) is 0 Å². The van der Waals surface area contributed by atoms with Crippen LogP contribution in [0.3, 0.4) is 0 Å². The molecule has 30 heavy (non-hydrogen) atoms. The van der Waals surface area contributed by atoms with E-state index in [1.54, 1.807) is 6.07 Å². The third kappa shape index (κ3) is 4.89. The number of rotatable bonds is 5. The van der Waals surface area contributed by atoms with E-state index in [0.29, 0.717) is 30.1 Å². The lowest BCUT2D eigenvalue weighted by molar-refractivity contribution is -0.132. The summed E-state index contributed by atoms with van der Waals surface area (Å²) >= 11 is 6.02. The van der Waals surface area contributed by atoms with Gasteiger partial charge < -0.3 is 4.90 Å². The number of benzene rings is 3. The second kappa shape index (κ2) is 9.41. The van der Waals surface area contributed by atoms with Crippen molar-refractivity contribution in [2.75, 3.05) is 26.2 Å². The molecule has 1 saturated heterocycles. The Morgan fingerprint density at radius 3 is 2.30 bits per heavy atom. The number of carbonyl (C=O) groups excluding carboxylic acids is 1. The maximum Gasteiger partial charge on any atom is 0.227 e. The first kappa shape index (κ1) is 20.6. The molecule has 5 heteroatoms. The first-order chi connectivity index (χ1) is 14.6. The monoisotopic (exact) mass is 422 g/mol. The van der Waals surface area contributed by atoms with E-state index < -0.39 is 0 Å². The zero-order valence-corrected chi connectivity index (χ0v) is 17.5. The molecule has 0 radical (unpaired) electrons. The van der Waals surface area contributed by atoms with Crippen molar-refractivity contribution < 1.29 is 9.18 Å². The molecule has 154 valence electrons. The third-order valence-electron chi connectivity index (χ3n) is 5.54. The maximum absolute atomic E-state index is 14.3. The molecule has 3 aromatic carbocycles. The Kier molecular flexibility index (Phi) is 6.46. The predicted molar refractivity (Wildman–Crippen MR) is 119 cm³/mol. The van der Waals surface area contributed by atoms with Crippen LogP contribution in [0.4, 0.5) is 4.39 Å². The zero-order chi connectivity index (χ0) is 20.9. The Labute approximate surface area is 181 Å². The van der Waals surface area contributed by atoms with Crippen LogP contribution in [-0.2, 0) is 17.8 Å². The molecule has 1 aliphatic heterocycles. The molecule has 1 fully saturated rings. The highest BCUT2D eigenvalue weighted by Crippen LogP contribution is 2.27. The number of hydrogen-bond donors (Lipinski definition) is 0. The third-order valence-corrected chi connectivity index (χ3v) is 5.78. The molecule has 3 aromatic rings. The Bertz CT molecular complexity index is 1030. The molecule has 1 heterocycles. The molecule has 1 aliphatic rings. The molecule has 3 nitrogen and oxygen atoms in total. The van der Waals surface area contributed by atoms with Gasteiger partial charge in [-0.05, 0) is 34.9 Å². The van der Waals surface area contributed by atoms with E-state index in [4.69, 9.17) is 11.6 Å². The summed E-state index contributed by atoms with van der Waals surface area (Å²) in [5.41, 5.74) is 3.59. The fourth-order valence-electron chi connectivity index (χ4n) is 3.93. The topological polar surface area (TPSA) is 23.6 Å². The van der Waals surface area contributed by atoms with Crippen LogP contribution in [0.1, 0.15) is 11.1 Å². The summed E-state index contributed by atoms with van der Waals surface area (Å²) in [7, 11) is 0. The normalized spacial score (nSPS) is 14.7. The summed E-state index contributed by atoms with van der Waals surface area (Å²) in [5.74, 6) is -0.0787. The Hall–Kier alpha value is -2.69. The minimum Gasteiger partial charge on any atom is -0.340 e. The highest BCUT2D eigenvalue weighted by molar-refractivity contribution is 6.30. The molecule has 0 atom stereocenters. The second-order valence-corrected chi connectivity index (χ2v) is 8.04. The van der Waals surface area contributed by atoms with Crippen molar-refractivity contribution in [2.45, 2.75) is 13.0 Å². The first-order valence-electron chi connectivity index (χ1n) is 10.2. The molecule has 0 unspecified atom stereocenters. The summed E-state index contributed by atoms with van der Waals surface area (Å²) in [6.07, 6.45) is 0.372. The van der Waals surface area contributed by atoms with Crippen molar-refractivity contribution >= 4 is 17.5 Å². The summed E-state index contributed by atoms with van der Waals surface area (Å²) < 4.78 is 14.3. The van der Waals surface area contributed by atoms with Gasteiger partial charge in [0.1, 0.15) is 5.82 Å². The van der Waals surface area contributed by atoms with Crippen LogP contribution < -0.4 is 0 Å². The number of nitrogens with zero attached hydrogens (tertiary/aromatic N) is 2. The number of halogens is 2. The van der Waals surface area contributed by atoms with Crippen LogP contribution in [0.25, 0.3) is 11.1 Å². The average molecular weight is 423 g/mol. The van der Waals surface area contributed by atoms with E-state index in [1.165, 1.54) is 6.07 Å². The van der Waals surface area contributed by atoms with Gasteiger partial charge in [0.25, 0.3) is 0 Å². The Balaban J connectivity index is 1.38. The fraction of sp³-hybridized carbons (Fsp3) is 0.240. The minimum atomic E-state index is -0.207. The largest absolute Gasteiger partial charge is 0.340 e. The molecular formula is C25H24ClFN2O. The van der Waals surface area contributed by atoms with Crippen LogP contribution in [-0.4, -0.2) is 41.9 Å². The number of carbonyl (C=O) groups is 1. The summed E-state index contributed by atoms with van der Waals surface area (Å²) in [5, 5.41) is 0.652. The van der Waals surface area contributed by atoms with Crippen molar-refractivity contribution in [3.05, 3.63) is 94.8 Å². The standard InChI is InChI=1S/C25H24ClFN2O/c26-21-8-5-6-19(16-21)17-25(30)29-14-12-28(13-15-29)18-20-7-1-2-9-22(20)23-10-3-4-11-24(23)27/h1-11,16H,12-15,17-18H2. The predicted octanol–water partition coefficient (Wildman–Crippen LogP) is 5.03. The van der Waals surface area contributed by atoms with Crippen molar-refractivity contribution in [1.82, 2.24) is 9.80 Å². The van der Waals surface area contributed by atoms with Crippen LogP contribution in [0.15, 0.2) is 72.8 Å². The van der Waals surface area contributed by atoms with Crippen molar-refractivity contribution in [3.8, 4) is 11.1 Å². The first-order valence-corrected chi connectivity index (χ1v) is 10.6. The zero-order valence-electron chi connectivity index (χ0n) is 16.7. The van der Waals surface area contributed by atoms with Gasteiger partial charge in [0.2, 0.25) is 5.91 Å². The van der Waals surface area contributed by atoms with E-state index in [2.05, 4.69) is 11.0 Å². The lowest BCUT2D eigenvalue weighted by atomic mass is 9.98. The van der Waals surface area contributed by atoms with Gasteiger partial charge in [0.15, 0.2) is 0 Å². The molecule has 0 spiro atoms. The highest BCUT2D eigenvalue weighted by Gasteiger charge is 2.22. The van der Waals surface area contributed by atoms with Gasteiger partial charge in [-0.25, -0.2) is 4.39 Å². The number of amides is 1. The van der Waals surface area contributed by atoms with Gasteiger partial charge in [-0.2, -0.15) is 0 Å². The van der Waals surface area contributed by atoms with E-state index >= 15 is 0 Å². The Morgan fingerprint density at radius 1 is 0.867 bits per heavy atom. The SMILES string of the molecule is O=C(Cc1cccc(Cl)c1)N1CCN(Cc2ccccc2-c2ccccc2F)CC1. The van der Waals surface area contributed by atoms with Gasteiger partial charge in [-0.1, -0.05) is 66.2 Å². The lowest BCUT2D eigenvalue weighted by Gasteiger charge is -2.35. The van der Waals surface area contributed by atoms with Gasteiger partial charge in [0, 0.05) is 43.3 Å². The molecule has 1 amide bonds. The van der Waals surface area contributed by atoms with Gasteiger partial charge in [0.05, 0.1) is 6.42 Å². The van der Waals surface area contributed by atoms with Gasteiger partial charge in [-0.3, -0.25) is 9.69 Å². The van der Waals surface area contributed by atoms with Crippen molar-refractivity contribution in [2.24, 2.45) is 0 Å². The van der Waals surface area contributed by atoms with Crippen LogP contribution in [0.2, 0.25) is 5.02 Å². The highest BCUT2D eigenvalue weighted by atomic mass is 35.5. The van der Waals surface area contributed by atoms with Crippen LogP contribution in [0.5, 0.6) is 0 Å². The second-order valence-electron chi connectivity index (χ2n) is 7.60. The molecule has 0 N–H and O–H groups in total. The van der Waals surface area contributed by atoms with Crippen LogP contribution in [0, 0.1) is 5.82 Å². The fourth-order valence-corrected chi connectivity index (χ4v) is 4.14. The van der Waals surface area contributed by atoms with Crippen molar-refractivity contribution in [1.29, 1.82) is 0 Å².